The third-order valence-corrected chi connectivity index (χ3v) is 0.582. The van der Waals surface area contributed by atoms with Gasteiger partial charge in [0.15, 0.2) is 0 Å². The summed E-state index contributed by atoms with van der Waals surface area (Å²) in [6.45, 7) is 7.01. The van der Waals surface area contributed by atoms with Gasteiger partial charge in [0.1, 0.15) is 0 Å². The van der Waals surface area contributed by atoms with Crippen molar-refractivity contribution >= 4 is 0 Å². The van der Waals surface area contributed by atoms with Crippen LogP contribution in [0.4, 0.5) is 0 Å². The van der Waals surface area contributed by atoms with Crippen LogP contribution in [0, 0.1) is 0 Å². The predicted octanol–water partition coefficient (Wildman–Crippen LogP) is 1.57. The molecule has 0 fully saturated rings. The molecule has 1 atom stereocenters. The smallest absolute Gasteiger partial charge is 0.221 e. The minimum absolute atomic E-state index is 0.382. The van der Waals surface area contributed by atoms with E-state index in [4.69, 9.17) is 10.1 Å². The molecule has 0 rings (SSSR count). The summed E-state index contributed by atoms with van der Waals surface area (Å²) >= 11 is 0. The second-order valence-electron chi connectivity index (χ2n) is 2.96. The molecule has 4 heteroatoms. The third-order valence-electron chi connectivity index (χ3n) is 0.582. The molecule has 0 aliphatic heterocycles. The molecule has 1 unspecified atom stereocenters. The zero-order valence-corrected chi connectivity index (χ0v) is 6.75. The van der Waals surface area contributed by atoms with Crippen LogP contribution in [0.25, 0.3) is 0 Å². The summed E-state index contributed by atoms with van der Waals surface area (Å²) in [7, 11) is 0. The third kappa shape index (κ3) is 5.97. The van der Waals surface area contributed by atoms with Crippen LogP contribution in [0.3, 0.4) is 0 Å². The monoisotopic (exact) mass is 150 g/mol. The summed E-state index contributed by atoms with van der Waals surface area (Å²) in [6.07, 6.45) is -0.751. The van der Waals surface area contributed by atoms with Crippen molar-refractivity contribution in [2.24, 2.45) is 0 Å². The molecule has 62 valence electrons. The molecule has 0 amide bonds. The van der Waals surface area contributed by atoms with Crippen LogP contribution in [0.2, 0.25) is 0 Å². The van der Waals surface area contributed by atoms with Gasteiger partial charge in [0, 0.05) is 0 Å². The largest absolute Gasteiger partial charge is 0.249 e. The fraction of sp³-hybridized carbons (Fsp3) is 1.00. The van der Waals surface area contributed by atoms with Crippen molar-refractivity contribution in [1.29, 1.82) is 0 Å². The lowest BCUT2D eigenvalue weighted by Gasteiger charge is -2.19. The van der Waals surface area contributed by atoms with Crippen molar-refractivity contribution in [1.82, 2.24) is 0 Å². The highest BCUT2D eigenvalue weighted by Gasteiger charge is 2.13. The lowest BCUT2D eigenvalue weighted by Crippen LogP contribution is -2.23. The van der Waals surface area contributed by atoms with Crippen molar-refractivity contribution in [2.75, 3.05) is 0 Å². The molecule has 4 nitrogen and oxygen atoms in total. The van der Waals surface area contributed by atoms with Crippen molar-refractivity contribution < 1.29 is 19.9 Å². The zero-order valence-electron chi connectivity index (χ0n) is 6.75. The van der Waals surface area contributed by atoms with Gasteiger partial charge in [-0.05, 0) is 27.7 Å². The van der Waals surface area contributed by atoms with Gasteiger partial charge >= 0.3 is 0 Å². The molecule has 0 aliphatic rings. The summed E-state index contributed by atoms with van der Waals surface area (Å²) in [5.41, 5.74) is -0.382. The summed E-state index contributed by atoms with van der Waals surface area (Å²) in [5, 5.41) is 8.03. The summed E-state index contributed by atoms with van der Waals surface area (Å²) in [5.74, 6) is 0. The summed E-state index contributed by atoms with van der Waals surface area (Å²) in [4.78, 5) is 13.2. The van der Waals surface area contributed by atoms with Crippen LogP contribution in [-0.2, 0) is 14.7 Å². The van der Waals surface area contributed by atoms with Crippen molar-refractivity contribution in [3.63, 3.8) is 0 Å². The first-order valence-corrected chi connectivity index (χ1v) is 3.10. The van der Waals surface area contributed by atoms with E-state index in [0.717, 1.165) is 0 Å². The molecule has 0 radical (unpaired) electrons. The van der Waals surface area contributed by atoms with Crippen LogP contribution in [0.15, 0.2) is 0 Å². The van der Waals surface area contributed by atoms with Gasteiger partial charge in [0.25, 0.3) is 0 Å². The van der Waals surface area contributed by atoms with E-state index in [1.807, 2.05) is 20.8 Å². The molecule has 0 aliphatic carbocycles. The molecule has 0 spiro atoms. The highest BCUT2D eigenvalue weighted by Crippen LogP contribution is 2.08. The molecular weight excluding hydrogens is 136 g/mol. The Kier molecular flexibility index (Phi) is 3.81. The van der Waals surface area contributed by atoms with Crippen molar-refractivity contribution in [3.05, 3.63) is 0 Å². The van der Waals surface area contributed by atoms with Crippen molar-refractivity contribution in [2.45, 2.75) is 39.6 Å². The van der Waals surface area contributed by atoms with Crippen molar-refractivity contribution in [3.8, 4) is 0 Å². The molecule has 0 aromatic heterocycles. The molecule has 1 N–H and O–H groups in total. The predicted molar refractivity (Wildman–Crippen MR) is 35.1 cm³/mol. The second-order valence-corrected chi connectivity index (χ2v) is 2.96. The number of hydrogen-bond acceptors (Lipinski definition) is 4. The minimum Gasteiger partial charge on any atom is -0.249 e. The lowest BCUT2D eigenvalue weighted by molar-refractivity contribution is -0.465. The molecule has 0 saturated carbocycles. The topological polar surface area (TPSA) is 47.9 Å². The lowest BCUT2D eigenvalue weighted by atomic mass is 10.2. The average Bonchev–Trinajstić information content (AvgIpc) is 1.81. The maximum absolute atomic E-state index is 8.03. The number of hydrogen-bond donors (Lipinski definition) is 1. The van der Waals surface area contributed by atoms with Gasteiger partial charge in [-0.25, -0.2) is 19.9 Å². The molecule has 10 heavy (non-hydrogen) atoms. The van der Waals surface area contributed by atoms with Gasteiger partial charge in [-0.15, -0.1) is 0 Å². The van der Waals surface area contributed by atoms with E-state index >= 15 is 0 Å². The maximum atomic E-state index is 8.03. The van der Waals surface area contributed by atoms with E-state index in [9.17, 15) is 0 Å². The van der Waals surface area contributed by atoms with E-state index in [1.165, 1.54) is 6.92 Å². The zero-order chi connectivity index (χ0) is 8.20. The Morgan fingerprint density at radius 2 is 1.80 bits per heavy atom. The summed E-state index contributed by atoms with van der Waals surface area (Å²) < 4.78 is 0. The highest BCUT2D eigenvalue weighted by molar-refractivity contribution is 4.54. The second kappa shape index (κ2) is 3.88. The fourth-order valence-electron chi connectivity index (χ4n) is 0.230. The Balaban J connectivity index is 3.36. The Morgan fingerprint density at radius 1 is 1.30 bits per heavy atom. The van der Waals surface area contributed by atoms with E-state index < -0.39 is 6.29 Å². The van der Waals surface area contributed by atoms with Gasteiger partial charge in [-0.2, -0.15) is 0 Å². The van der Waals surface area contributed by atoms with Gasteiger partial charge in [-0.1, -0.05) is 0 Å². The SMILES string of the molecule is CC(OO)OOC(C)(C)C. The standard InChI is InChI=1S/C6H14O4/c1-5(8-7)9-10-6(2,3)4/h5,7H,1-4H3. The Morgan fingerprint density at radius 3 is 2.10 bits per heavy atom. The molecule has 0 bridgehead atoms. The first-order valence-electron chi connectivity index (χ1n) is 3.10. The molecule has 0 saturated heterocycles. The Bertz CT molecular complexity index is 86.2. The Hall–Kier alpha value is -0.160. The molecule has 0 aromatic carbocycles. The van der Waals surface area contributed by atoms with Gasteiger partial charge in [0.2, 0.25) is 6.29 Å². The van der Waals surface area contributed by atoms with E-state index in [-0.39, 0.29) is 5.60 Å². The first-order chi connectivity index (χ1) is 4.45. The normalized spacial score (nSPS) is 15.3. The minimum atomic E-state index is -0.751. The van der Waals surface area contributed by atoms with E-state index in [0.29, 0.717) is 0 Å². The molecule has 0 aromatic rings. The van der Waals surface area contributed by atoms with Gasteiger partial charge in [-0.3, -0.25) is 0 Å². The quantitative estimate of drug-likeness (QED) is 0.377. The van der Waals surface area contributed by atoms with Gasteiger partial charge < -0.3 is 0 Å². The van der Waals surface area contributed by atoms with Crippen LogP contribution in [0.5, 0.6) is 0 Å². The average molecular weight is 150 g/mol. The molecular formula is C6H14O4. The Labute approximate surface area is 60.6 Å². The first kappa shape index (κ1) is 9.84. The molecule has 0 heterocycles. The highest BCUT2D eigenvalue weighted by atomic mass is 17.3. The fourth-order valence-corrected chi connectivity index (χ4v) is 0.230. The van der Waals surface area contributed by atoms with E-state index in [2.05, 4.69) is 9.78 Å². The summed E-state index contributed by atoms with van der Waals surface area (Å²) in [6, 6.07) is 0. The van der Waals surface area contributed by atoms with Crippen LogP contribution >= 0.6 is 0 Å². The van der Waals surface area contributed by atoms with Crippen LogP contribution in [0.1, 0.15) is 27.7 Å². The van der Waals surface area contributed by atoms with Crippen LogP contribution in [-0.4, -0.2) is 17.1 Å². The van der Waals surface area contributed by atoms with Gasteiger partial charge in [0.05, 0.1) is 5.60 Å². The van der Waals surface area contributed by atoms with Crippen LogP contribution < -0.4 is 0 Å². The number of rotatable bonds is 3. The van der Waals surface area contributed by atoms with E-state index in [1.54, 1.807) is 0 Å². The maximum Gasteiger partial charge on any atom is 0.221 e.